The number of hydrogen-bond acceptors (Lipinski definition) is 4. The molecule has 4 aromatic rings. The molecule has 0 aliphatic heterocycles. The van der Waals surface area contributed by atoms with Crippen molar-refractivity contribution in [2.45, 2.75) is 13.5 Å². The van der Waals surface area contributed by atoms with Crippen LogP contribution >= 0.6 is 0 Å². The number of H-pyrrole nitrogens is 1. The highest BCUT2D eigenvalue weighted by molar-refractivity contribution is 6.00. The maximum absolute atomic E-state index is 15.2. The molecule has 0 saturated heterocycles. The molecular formula is C26H21F4N5O2. The summed E-state index contributed by atoms with van der Waals surface area (Å²) in [4.78, 5) is 31.6. The van der Waals surface area contributed by atoms with Crippen LogP contribution in [0.15, 0.2) is 48.7 Å². The lowest BCUT2D eigenvalue weighted by molar-refractivity contribution is 0.112. The Morgan fingerprint density at radius 2 is 1.62 bits per heavy atom. The first kappa shape index (κ1) is 25.6. The maximum Gasteiger partial charge on any atom is 0.323 e. The normalized spacial score (nSPS) is 10.9. The molecule has 4 rings (SSSR count). The van der Waals surface area contributed by atoms with Gasteiger partial charge in [0, 0.05) is 52.9 Å². The number of urea groups is 1. The number of amides is 2. The molecule has 0 saturated carbocycles. The SMILES string of the molecule is CNCc1c(-c2ccc(NC(=O)Nc3c(F)cc(F)cc3F)cc2F)ccc(-c2ncc(C)[nH]2)c1C=O. The zero-order valence-corrected chi connectivity index (χ0v) is 19.7. The summed E-state index contributed by atoms with van der Waals surface area (Å²) in [6.07, 6.45) is 2.32. The van der Waals surface area contributed by atoms with Gasteiger partial charge in [0.25, 0.3) is 0 Å². The molecule has 0 aliphatic carbocycles. The number of carbonyl (C=O) groups is 2. The second-order valence-corrected chi connectivity index (χ2v) is 8.13. The summed E-state index contributed by atoms with van der Waals surface area (Å²) in [5.74, 6) is -3.95. The van der Waals surface area contributed by atoms with Crippen molar-refractivity contribution in [1.82, 2.24) is 15.3 Å². The van der Waals surface area contributed by atoms with Crippen LogP contribution in [-0.2, 0) is 6.54 Å². The van der Waals surface area contributed by atoms with Crippen LogP contribution in [0.2, 0.25) is 0 Å². The van der Waals surface area contributed by atoms with Gasteiger partial charge in [0.05, 0.1) is 0 Å². The van der Waals surface area contributed by atoms with E-state index in [4.69, 9.17) is 0 Å². The van der Waals surface area contributed by atoms with Gasteiger partial charge in [-0.3, -0.25) is 4.79 Å². The maximum atomic E-state index is 15.2. The van der Waals surface area contributed by atoms with Crippen LogP contribution in [0.4, 0.5) is 33.7 Å². The number of anilines is 2. The Labute approximate surface area is 208 Å². The minimum atomic E-state index is -1.30. The molecule has 2 amide bonds. The molecule has 190 valence electrons. The van der Waals surface area contributed by atoms with Crippen LogP contribution in [0.3, 0.4) is 0 Å². The molecule has 0 bridgehead atoms. The number of nitrogens with zero attached hydrogens (tertiary/aromatic N) is 1. The summed E-state index contributed by atoms with van der Waals surface area (Å²) in [5, 5.41) is 7.20. The average molecular weight is 511 g/mol. The number of aromatic amines is 1. The van der Waals surface area contributed by atoms with Crippen molar-refractivity contribution in [2.24, 2.45) is 0 Å². The van der Waals surface area contributed by atoms with Crippen molar-refractivity contribution in [1.29, 1.82) is 0 Å². The largest absolute Gasteiger partial charge is 0.342 e. The molecule has 3 aromatic carbocycles. The van der Waals surface area contributed by atoms with Crippen LogP contribution in [-0.4, -0.2) is 29.3 Å². The standard InChI is InChI=1S/C26H21F4N5O2/c1-13-10-32-25(33-13)18-6-5-16(19(11-31-2)20(18)12-36)17-4-3-15(9-21(17)28)34-26(37)35-24-22(29)7-14(27)8-23(24)30/h3-10,12,31H,11H2,1-2H3,(H,32,33)(H2,34,35,37). The van der Waals surface area contributed by atoms with E-state index >= 15 is 4.39 Å². The number of imidazole rings is 1. The molecule has 0 aliphatic rings. The Kier molecular flexibility index (Phi) is 7.35. The van der Waals surface area contributed by atoms with E-state index in [0.717, 1.165) is 11.8 Å². The van der Waals surface area contributed by atoms with Crippen molar-refractivity contribution in [2.75, 3.05) is 17.7 Å². The van der Waals surface area contributed by atoms with E-state index in [9.17, 15) is 22.8 Å². The second-order valence-electron chi connectivity index (χ2n) is 8.13. The third-order valence-corrected chi connectivity index (χ3v) is 5.55. The first-order valence-corrected chi connectivity index (χ1v) is 11.0. The minimum Gasteiger partial charge on any atom is -0.342 e. The molecular weight excluding hydrogens is 490 g/mol. The molecule has 1 heterocycles. The van der Waals surface area contributed by atoms with Gasteiger partial charge in [-0.1, -0.05) is 6.07 Å². The lowest BCUT2D eigenvalue weighted by Crippen LogP contribution is -2.21. The predicted octanol–water partition coefficient (Wildman–Crippen LogP) is 5.78. The summed E-state index contributed by atoms with van der Waals surface area (Å²) in [5.41, 5.74) is 2.02. The Morgan fingerprint density at radius 1 is 0.946 bits per heavy atom. The minimum absolute atomic E-state index is 0.00450. The van der Waals surface area contributed by atoms with Gasteiger partial charge in [0.15, 0.2) is 17.9 Å². The van der Waals surface area contributed by atoms with Crippen molar-refractivity contribution in [3.05, 3.63) is 88.8 Å². The first-order valence-electron chi connectivity index (χ1n) is 11.0. The molecule has 0 spiro atoms. The van der Waals surface area contributed by atoms with Crippen LogP contribution in [0, 0.1) is 30.2 Å². The topological polar surface area (TPSA) is 98.9 Å². The van der Waals surface area contributed by atoms with Crippen molar-refractivity contribution in [3.63, 3.8) is 0 Å². The Hall–Kier alpha value is -4.51. The van der Waals surface area contributed by atoms with Crippen LogP contribution in [0.1, 0.15) is 21.6 Å². The zero-order valence-electron chi connectivity index (χ0n) is 19.7. The number of aldehydes is 1. The first-order chi connectivity index (χ1) is 17.7. The Bertz CT molecular complexity index is 1480. The third-order valence-electron chi connectivity index (χ3n) is 5.55. The molecule has 11 heteroatoms. The molecule has 1 aromatic heterocycles. The number of aromatic nitrogens is 2. The van der Waals surface area contributed by atoms with Gasteiger partial charge < -0.3 is 20.9 Å². The number of hydrogen-bond donors (Lipinski definition) is 4. The van der Waals surface area contributed by atoms with Crippen LogP contribution in [0.25, 0.3) is 22.5 Å². The molecule has 4 N–H and O–H groups in total. The Balaban J connectivity index is 1.64. The van der Waals surface area contributed by atoms with Gasteiger partial charge in [-0.2, -0.15) is 0 Å². The van der Waals surface area contributed by atoms with Crippen LogP contribution < -0.4 is 16.0 Å². The lowest BCUT2D eigenvalue weighted by Gasteiger charge is -2.16. The molecule has 7 nitrogen and oxygen atoms in total. The summed E-state index contributed by atoms with van der Waals surface area (Å²) in [6.45, 7) is 2.09. The highest BCUT2D eigenvalue weighted by Crippen LogP contribution is 2.34. The van der Waals surface area contributed by atoms with E-state index < -0.39 is 35.0 Å². The monoisotopic (exact) mass is 511 g/mol. The average Bonchev–Trinajstić information content (AvgIpc) is 3.27. The summed E-state index contributed by atoms with van der Waals surface area (Å²) < 4.78 is 55.9. The number of aryl methyl sites for hydroxylation is 1. The number of rotatable bonds is 7. The Morgan fingerprint density at radius 3 is 2.22 bits per heavy atom. The van der Waals surface area contributed by atoms with Crippen LogP contribution in [0.5, 0.6) is 0 Å². The number of carbonyl (C=O) groups excluding carboxylic acids is 2. The highest BCUT2D eigenvalue weighted by Gasteiger charge is 2.19. The van der Waals surface area contributed by atoms with Gasteiger partial charge >= 0.3 is 6.03 Å². The molecule has 0 fully saturated rings. The fourth-order valence-electron chi connectivity index (χ4n) is 3.92. The summed E-state index contributed by atoms with van der Waals surface area (Å²) >= 11 is 0. The highest BCUT2D eigenvalue weighted by atomic mass is 19.1. The fraction of sp³-hybridized carbons (Fsp3) is 0.115. The van der Waals surface area contributed by atoms with Gasteiger partial charge in [-0.25, -0.2) is 27.3 Å². The number of halogens is 4. The van der Waals surface area contributed by atoms with Gasteiger partial charge in [0.1, 0.15) is 23.1 Å². The molecule has 0 unspecified atom stereocenters. The quantitative estimate of drug-likeness (QED) is 0.187. The summed E-state index contributed by atoms with van der Waals surface area (Å²) in [6, 6.07) is 6.94. The smallest absolute Gasteiger partial charge is 0.323 e. The van der Waals surface area contributed by atoms with Gasteiger partial charge in [-0.05, 0) is 49.4 Å². The molecule has 37 heavy (non-hydrogen) atoms. The summed E-state index contributed by atoms with van der Waals surface area (Å²) in [7, 11) is 1.69. The zero-order chi connectivity index (χ0) is 26.7. The van der Waals surface area contributed by atoms with E-state index in [-0.39, 0.29) is 17.8 Å². The number of nitrogens with one attached hydrogen (secondary N) is 4. The van der Waals surface area contributed by atoms with E-state index in [1.165, 1.54) is 12.1 Å². The van der Waals surface area contributed by atoms with Gasteiger partial charge in [0.2, 0.25) is 0 Å². The van der Waals surface area contributed by atoms with Crippen molar-refractivity contribution < 1.29 is 27.2 Å². The molecule has 0 atom stereocenters. The second kappa shape index (κ2) is 10.6. The van der Waals surface area contributed by atoms with E-state index in [2.05, 4.69) is 20.6 Å². The van der Waals surface area contributed by atoms with Crippen molar-refractivity contribution >= 4 is 23.7 Å². The lowest BCUT2D eigenvalue weighted by atomic mass is 9.91. The fourth-order valence-corrected chi connectivity index (χ4v) is 3.92. The van der Waals surface area contributed by atoms with E-state index in [0.29, 0.717) is 46.5 Å². The predicted molar refractivity (Wildman–Crippen MR) is 131 cm³/mol. The molecule has 0 radical (unpaired) electrons. The number of benzene rings is 3. The van der Waals surface area contributed by atoms with E-state index in [1.807, 2.05) is 12.2 Å². The van der Waals surface area contributed by atoms with Gasteiger partial charge in [-0.15, -0.1) is 0 Å². The van der Waals surface area contributed by atoms with Crippen molar-refractivity contribution in [3.8, 4) is 22.5 Å². The van der Waals surface area contributed by atoms with E-state index in [1.54, 1.807) is 25.4 Å². The third kappa shape index (κ3) is 5.36.